The molecule has 0 saturated heterocycles. The number of furan rings is 1. The van der Waals surface area contributed by atoms with E-state index in [1.165, 1.54) is 0 Å². The molecule has 0 unspecified atom stereocenters. The van der Waals surface area contributed by atoms with Crippen LogP contribution in [0.2, 0.25) is 5.22 Å². The van der Waals surface area contributed by atoms with Crippen LogP contribution in [-0.2, 0) is 6.42 Å². The number of Topliss-reactive ketones (excluding diaryl/α,β-unsaturated/α-hetero) is 1. The maximum atomic E-state index is 11.7. The van der Waals surface area contributed by atoms with Gasteiger partial charge in [-0.25, -0.2) is 0 Å². The minimum atomic E-state index is -0.122. The Hall–Kier alpha value is -1.61. The summed E-state index contributed by atoms with van der Waals surface area (Å²) < 4.78 is 5.03. The molecule has 0 amide bonds. The summed E-state index contributed by atoms with van der Waals surface area (Å²) in [6.45, 7) is 1.95. The van der Waals surface area contributed by atoms with Gasteiger partial charge >= 0.3 is 0 Å². The van der Waals surface area contributed by atoms with Gasteiger partial charge in [0.05, 0.1) is 6.42 Å². The zero-order valence-corrected chi connectivity index (χ0v) is 9.49. The zero-order valence-electron chi connectivity index (χ0n) is 8.74. The summed E-state index contributed by atoms with van der Waals surface area (Å²) in [6.07, 6.45) is 1.96. The standard InChI is InChI=1S/C12H10ClNO2/c1-8-2-3-9(14-7-8)6-10(15)11-4-5-12(13)16-11/h2-5,7H,6H2,1H3. The van der Waals surface area contributed by atoms with Crippen LogP contribution in [0.4, 0.5) is 0 Å². The lowest BCUT2D eigenvalue weighted by Crippen LogP contribution is -2.03. The summed E-state index contributed by atoms with van der Waals surface area (Å²) in [7, 11) is 0. The smallest absolute Gasteiger partial charge is 0.203 e. The average Bonchev–Trinajstić information content (AvgIpc) is 2.68. The third-order valence-corrected chi connectivity index (χ3v) is 2.37. The normalized spacial score (nSPS) is 10.4. The van der Waals surface area contributed by atoms with E-state index in [9.17, 15) is 4.79 Å². The summed E-state index contributed by atoms with van der Waals surface area (Å²) in [4.78, 5) is 15.9. The van der Waals surface area contributed by atoms with Crippen molar-refractivity contribution in [3.8, 4) is 0 Å². The SMILES string of the molecule is Cc1ccc(CC(=O)c2ccc(Cl)o2)nc1. The summed E-state index contributed by atoms with van der Waals surface area (Å²) in [6, 6.07) is 6.87. The van der Waals surface area contributed by atoms with Crippen molar-refractivity contribution in [3.05, 3.63) is 52.7 Å². The van der Waals surface area contributed by atoms with E-state index >= 15 is 0 Å². The summed E-state index contributed by atoms with van der Waals surface area (Å²) in [5.74, 6) is 0.149. The van der Waals surface area contributed by atoms with Gasteiger partial charge in [0.25, 0.3) is 0 Å². The van der Waals surface area contributed by atoms with Crippen LogP contribution in [-0.4, -0.2) is 10.8 Å². The summed E-state index contributed by atoms with van der Waals surface area (Å²) in [5.41, 5.74) is 1.79. The first kappa shape index (κ1) is 10.9. The molecular weight excluding hydrogens is 226 g/mol. The second kappa shape index (κ2) is 4.49. The number of pyridine rings is 1. The van der Waals surface area contributed by atoms with E-state index in [0.717, 1.165) is 11.3 Å². The van der Waals surface area contributed by atoms with Crippen LogP contribution in [0.3, 0.4) is 0 Å². The fraction of sp³-hybridized carbons (Fsp3) is 0.167. The van der Waals surface area contributed by atoms with Crippen LogP contribution < -0.4 is 0 Å². The molecule has 0 aliphatic carbocycles. The Labute approximate surface area is 98.1 Å². The van der Waals surface area contributed by atoms with Crippen molar-refractivity contribution in [1.29, 1.82) is 0 Å². The monoisotopic (exact) mass is 235 g/mol. The molecule has 0 aliphatic rings. The van der Waals surface area contributed by atoms with Crippen LogP contribution in [0, 0.1) is 6.92 Å². The van der Waals surface area contributed by atoms with Crippen LogP contribution in [0.15, 0.2) is 34.9 Å². The van der Waals surface area contributed by atoms with Crippen molar-refractivity contribution in [2.45, 2.75) is 13.3 Å². The highest BCUT2D eigenvalue weighted by Gasteiger charge is 2.11. The molecule has 16 heavy (non-hydrogen) atoms. The van der Waals surface area contributed by atoms with Crippen molar-refractivity contribution >= 4 is 17.4 Å². The molecule has 2 heterocycles. The van der Waals surface area contributed by atoms with Crippen molar-refractivity contribution in [1.82, 2.24) is 4.98 Å². The van der Waals surface area contributed by atoms with Gasteiger partial charge in [-0.2, -0.15) is 0 Å². The molecule has 0 saturated carbocycles. The van der Waals surface area contributed by atoms with Gasteiger partial charge in [0, 0.05) is 11.9 Å². The number of aromatic nitrogens is 1. The van der Waals surface area contributed by atoms with Gasteiger partial charge in [-0.1, -0.05) is 6.07 Å². The number of carbonyl (C=O) groups is 1. The molecule has 82 valence electrons. The summed E-state index contributed by atoms with van der Waals surface area (Å²) in [5, 5.41) is 0.222. The lowest BCUT2D eigenvalue weighted by atomic mass is 10.1. The van der Waals surface area contributed by atoms with Crippen molar-refractivity contribution < 1.29 is 9.21 Å². The van der Waals surface area contributed by atoms with E-state index in [1.807, 2.05) is 19.1 Å². The topological polar surface area (TPSA) is 43.1 Å². The van der Waals surface area contributed by atoms with Gasteiger partial charge in [-0.3, -0.25) is 9.78 Å². The Bertz CT molecular complexity index is 502. The maximum Gasteiger partial charge on any atom is 0.203 e. The summed E-state index contributed by atoms with van der Waals surface area (Å²) >= 11 is 5.59. The number of hydrogen-bond acceptors (Lipinski definition) is 3. The minimum Gasteiger partial charge on any atom is -0.442 e. The van der Waals surface area contributed by atoms with E-state index in [0.29, 0.717) is 0 Å². The molecule has 0 fully saturated rings. The minimum absolute atomic E-state index is 0.122. The number of nitrogens with zero attached hydrogens (tertiary/aromatic N) is 1. The Kier molecular flexibility index (Phi) is 3.06. The van der Waals surface area contributed by atoms with Crippen LogP contribution in [0.1, 0.15) is 21.8 Å². The van der Waals surface area contributed by atoms with Crippen LogP contribution >= 0.6 is 11.6 Å². The molecule has 0 atom stereocenters. The molecule has 2 rings (SSSR count). The number of aryl methyl sites for hydroxylation is 1. The first-order valence-corrected chi connectivity index (χ1v) is 5.23. The van der Waals surface area contributed by atoms with Crippen molar-refractivity contribution in [2.24, 2.45) is 0 Å². The van der Waals surface area contributed by atoms with Gasteiger partial charge in [-0.05, 0) is 42.3 Å². The van der Waals surface area contributed by atoms with Crippen LogP contribution in [0.5, 0.6) is 0 Å². The number of carbonyl (C=O) groups excluding carboxylic acids is 1. The molecule has 2 aromatic rings. The molecular formula is C12H10ClNO2. The molecule has 4 heteroatoms. The number of halogens is 1. The second-order valence-electron chi connectivity index (χ2n) is 3.53. The molecule has 2 aromatic heterocycles. The highest BCUT2D eigenvalue weighted by Crippen LogP contribution is 2.15. The quantitative estimate of drug-likeness (QED) is 0.768. The Morgan fingerprint density at radius 1 is 1.38 bits per heavy atom. The average molecular weight is 236 g/mol. The Balaban J connectivity index is 2.10. The first-order valence-electron chi connectivity index (χ1n) is 4.85. The molecule has 0 bridgehead atoms. The molecule has 0 aliphatic heterocycles. The molecule has 3 nitrogen and oxygen atoms in total. The van der Waals surface area contributed by atoms with E-state index in [1.54, 1.807) is 18.3 Å². The fourth-order valence-corrected chi connectivity index (χ4v) is 1.46. The predicted molar refractivity (Wildman–Crippen MR) is 60.7 cm³/mol. The molecule has 0 radical (unpaired) electrons. The third kappa shape index (κ3) is 2.49. The number of rotatable bonds is 3. The third-order valence-electron chi connectivity index (χ3n) is 2.16. The molecule has 0 spiro atoms. The highest BCUT2D eigenvalue weighted by molar-refractivity contribution is 6.29. The van der Waals surface area contributed by atoms with Gasteiger partial charge in [0.1, 0.15) is 0 Å². The van der Waals surface area contributed by atoms with Gasteiger partial charge < -0.3 is 4.42 Å². The van der Waals surface area contributed by atoms with Gasteiger partial charge in [-0.15, -0.1) is 0 Å². The van der Waals surface area contributed by atoms with E-state index < -0.39 is 0 Å². The fourth-order valence-electron chi connectivity index (χ4n) is 1.32. The maximum absolute atomic E-state index is 11.7. The second-order valence-corrected chi connectivity index (χ2v) is 3.90. The Morgan fingerprint density at radius 2 is 2.19 bits per heavy atom. The largest absolute Gasteiger partial charge is 0.442 e. The lowest BCUT2D eigenvalue weighted by molar-refractivity contribution is 0.0965. The predicted octanol–water partition coefficient (Wildman–Crippen LogP) is 3.06. The van der Waals surface area contributed by atoms with E-state index in [-0.39, 0.29) is 23.2 Å². The lowest BCUT2D eigenvalue weighted by Gasteiger charge is -1.98. The van der Waals surface area contributed by atoms with E-state index in [2.05, 4.69) is 4.98 Å². The molecule has 0 aromatic carbocycles. The van der Waals surface area contributed by atoms with Gasteiger partial charge in [0.2, 0.25) is 5.78 Å². The van der Waals surface area contributed by atoms with E-state index in [4.69, 9.17) is 16.0 Å². The zero-order chi connectivity index (χ0) is 11.5. The Morgan fingerprint density at radius 3 is 2.75 bits per heavy atom. The highest BCUT2D eigenvalue weighted by atomic mass is 35.5. The van der Waals surface area contributed by atoms with Crippen LogP contribution in [0.25, 0.3) is 0 Å². The number of ketones is 1. The number of hydrogen-bond donors (Lipinski definition) is 0. The molecule has 0 N–H and O–H groups in total. The van der Waals surface area contributed by atoms with Crippen molar-refractivity contribution in [2.75, 3.05) is 0 Å². The van der Waals surface area contributed by atoms with Crippen molar-refractivity contribution in [3.63, 3.8) is 0 Å². The first-order chi connectivity index (χ1) is 7.65. The van der Waals surface area contributed by atoms with Gasteiger partial charge in [0.15, 0.2) is 11.0 Å².